The molecule has 1 aromatic carbocycles. The van der Waals surface area contributed by atoms with E-state index < -0.39 is 0 Å². The molecule has 0 spiro atoms. The maximum Gasteiger partial charge on any atom is 0.135 e. The zero-order chi connectivity index (χ0) is 13.2. The number of anilines is 3. The monoisotopic (exact) mass is 318 g/mol. The second kappa shape index (κ2) is 5.17. The lowest BCUT2D eigenvalue weighted by atomic mass is 10.2. The van der Waals surface area contributed by atoms with Crippen LogP contribution in [0.1, 0.15) is 18.4 Å². The van der Waals surface area contributed by atoms with E-state index in [1.165, 1.54) is 18.4 Å². The van der Waals surface area contributed by atoms with E-state index in [1.807, 2.05) is 12.1 Å². The molecule has 0 atom stereocenters. The summed E-state index contributed by atoms with van der Waals surface area (Å²) in [6.07, 6.45) is 4.04. The lowest BCUT2D eigenvalue weighted by Gasteiger charge is -2.10. The number of halogens is 1. The zero-order valence-corrected chi connectivity index (χ0v) is 12.2. The van der Waals surface area contributed by atoms with E-state index in [0.717, 1.165) is 21.8 Å². The number of rotatable bonds is 4. The van der Waals surface area contributed by atoms with Crippen LogP contribution in [0.15, 0.2) is 35.1 Å². The smallest absolute Gasteiger partial charge is 0.135 e. The summed E-state index contributed by atoms with van der Waals surface area (Å²) >= 11 is 3.55. The van der Waals surface area contributed by atoms with Crippen LogP contribution in [0, 0.1) is 6.92 Å². The first kappa shape index (κ1) is 12.4. The Morgan fingerprint density at radius 1 is 1.16 bits per heavy atom. The molecule has 98 valence electrons. The lowest BCUT2D eigenvalue weighted by Crippen LogP contribution is -2.04. The molecule has 5 heteroatoms. The van der Waals surface area contributed by atoms with Gasteiger partial charge in [0.05, 0.1) is 5.69 Å². The summed E-state index contributed by atoms with van der Waals surface area (Å²) in [5, 5.41) is 6.66. The van der Waals surface area contributed by atoms with Gasteiger partial charge in [0.1, 0.15) is 18.0 Å². The van der Waals surface area contributed by atoms with Gasteiger partial charge in [0.15, 0.2) is 0 Å². The van der Waals surface area contributed by atoms with E-state index in [-0.39, 0.29) is 0 Å². The Morgan fingerprint density at radius 2 is 1.95 bits per heavy atom. The van der Waals surface area contributed by atoms with Crippen molar-refractivity contribution in [2.45, 2.75) is 25.8 Å². The summed E-state index contributed by atoms with van der Waals surface area (Å²) in [4.78, 5) is 8.47. The Bertz CT molecular complexity index is 596. The summed E-state index contributed by atoms with van der Waals surface area (Å²) in [6, 6.07) is 8.71. The van der Waals surface area contributed by atoms with Gasteiger partial charge in [-0.2, -0.15) is 0 Å². The standard InChI is InChI=1S/C14H15BrN4/c1-9-2-5-12(11(15)6-9)19-14-7-13(16-8-17-14)18-10-3-4-10/h2,5-8,10H,3-4H2,1H3,(H2,16,17,18,19). The van der Waals surface area contributed by atoms with Crippen LogP contribution in [-0.2, 0) is 0 Å². The minimum absolute atomic E-state index is 0.592. The lowest BCUT2D eigenvalue weighted by molar-refractivity contribution is 1.08. The van der Waals surface area contributed by atoms with Gasteiger partial charge in [-0.25, -0.2) is 9.97 Å². The average Bonchev–Trinajstić information content (AvgIpc) is 3.17. The minimum Gasteiger partial charge on any atom is -0.367 e. The molecule has 2 N–H and O–H groups in total. The van der Waals surface area contributed by atoms with E-state index in [2.05, 4.69) is 55.6 Å². The van der Waals surface area contributed by atoms with Crippen LogP contribution < -0.4 is 10.6 Å². The van der Waals surface area contributed by atoms with Gasteiger partial charge in [-0.15, -0.1) is 0 Å². The van der Waals surface area contributed by atoms with Crippen molar-refractivity contribution < 1.29 is 0 Å². The predicted molar refractivity (Wildman–Crippen MR) is 80.8 cm³/mol. The molecule has 0 aliphatic heterocycles. The third-order valence-electron chi connectivity index (χ3n) is 2.98. The maximum atomic E-state index is 4.24. The van der Waals surface area contributed by atoms with E-state index in [1.54, 1.807) is 6.33 Å². The largest absolute Gasteiger partial charge is 0.367 e. The van der Waals surface area contributed by atoms with Crippen molar-refractivity contribution in [1.82, 2.24) is 9.97 Å². The molecule has 0 amide bonds. The number of nitrogens with zero attached hydrogens (tertiary/aromatic N) is 2. The Kier molecular flexibility index (Phi) is 3.38. The highest BCUT2D eigenvalue weighted by Gasteiger charge is 2.21. The number of nitrogens with one attached hydrogen (secondary N) is 2. The van der Waals surface area contributed by atoms with Gasteiger partial charge in [0, 0.05) is 16.6 Å². The Labute approximate surface area is 120 Å². The number of hydrogen-bond acceptors (Lipinski definition) is 4. The van der Waals surface area contributed by atoms with Gasteiger partial charge in [0.2, 0.25) is 0 Å². The highest BCUT2D eigenvalue weighted by molar-refractivity contribution is 9.10. The fourth-order valence-corrected chi connectivity index (χ4v) is 2.39. The van der Waals surface area contributed by atoms with E-state index in [4.69, 9.17) is 0 Å². The van der Waals surface area contributed by atoms with Gasteiger partial charge in [0.25, 0.3) is 0 Å². The third kappa shape index (κ3) is 3.23. The molecule has 0 unspecified atom stereocenters. The highest BCUT2D eigenvalue weighted by Crippen LogP contribution is 2.28. The molecule has 1 aliphatic rings. The Hall–Kier alpha value is -1.62. The molecule has 0 radical (unpaired) electrons. The summed E-state index contributed by atoms with van der Waals surface area (Å²) in [5.41, 5.74) is 2.22. The SMILES string of the molecule is Cc1ccc(Nc2cc(NC3CC3)ncn2)c(Br)c1. The first-order chi connectivity index (χ1) is 9.20. The summed E-state index contributed by atoms with van der Waals surface area (Å²) in [5.74, 6) is 1.67. The van der Waals surface area contributed by atoms with Gasteiger partial charge in [-0.3, -0.25) is 0 Å². The molecule has 1 heterocycles. The topological polar surface area (TPSA) is 49.8 Å². The number of benzene rings is 1. The van der Waals surface area contributed by atoms with E-state index >= 15 is 0 Å². The zero-order valence-electron chi connectivity index (χ0n) is 10.7. The van der Waals surface area contributed by atoms with Crippen molar-refractivity contribution in [2.75, 3.05) is 10.6 Å². The van der Waals surface area contributed by atoms with Gasteiger partial charge < -0.3 is 10.6 Å². The first-order valence-corrected chi connectivity index (χ1v) is 7.12. The molecule has 19 heavy (non-hydrogen) atoms. The van der Waals surface area contributed by atoms with Gasteiger partial charge in [-0.1, -0.05) is 6.07 Å². The molecule has 3 rings (SSSR count). The van der Waals surface area contributed by atoms with Crippen LogP contribution in [0.2, 0.25) is 0 Å². The molecule has 0 bridgehead atoms. The van der Waals surface area contributed by atoms with Crippen LogP contribution in [-0.4, -0.2) is 16.0 Å². The summed E-state index contributed by atoms with van der Waals surface area (Å²) in [7, 11) is 0. The second-order valence-electron chi connectivity index (χ2n) is 4.82. The predicted octanol–water partition coefficient (Wildman–Crippen LogP) is 3.87. The third-order valence-corrected chi connectivity index (χ3v) is 3.64. The van der Waals surface area contributed by atoms with Crippen molar-refractivity contribution >= 4 is 33.3 Å². The van der Waals surface area contributed by atoms with Crippen LogP contribution in [0.4, 0.5) is 17.3 Å². The quantitative estimate of drug-likeness (QED) is 0.898. The van der Waals surface area contributed by atoms with Crippen LogP contribution >= 0.6 is 15.9 Å². The Balaban J connectivity index is 1.78. The van der Waals surface area contributed by atoms with Crippen molar-refractivity contribution in [3.8, 4) is 0 Å². The van der Waals surface area contributed by atoms with Crippen molar-refractivity contribution in [3.63, 3.8) is 0 Å². The molecule has 1 aliphatic carbocycles. The van der Waals surface area contributed by atoms with Crippen LogP contribution in [0.25, 0.3) is 0 Å². The van der Waals surface area contributed by atoms with Crippen LogP contribution in [0.3, 0.4) is 0 Å². The van der Waals surface area contributed by atoms with Crippen LogP contribution in [0.5, 0.6) is 0 Å². The second-order valence-corrected chi connectivity index (χ2v) is 5.67. The van der Waals surface area contributed by atoms with Crippen molar-refractivity contribution in [1.29, 1.82) is 0 Å². The average molecular weight is 319 g/mol. The highest BCUT2D eigenvalue weighted by atomic mass is 79.9. The van der Waals surface area contributed by atoms with E-state index in [0.29, 0.717) is 6.04 Å². The normalized spacial score (nSPS) is 14.2. The van der Waals surface area contributed by atoms with Crippen molar-refractivity contribution in [2.24, 2.45) is 0 Å². The van der Waals surface area contributed by atoms with Crippen molar-refractivity contribution in [3.05, 3.63) is 40.6 Å². The number of aryl methyl sites for hydroxylation is 1. The molecule has 2 aromatic rings. The maximum absolute atomic E-state index is 4.24. The molecule has 1 saturated carbocycles. The fraction of sp³-hybridized carbons (Fsp3) is 0.286. The Morgan fingerprint density at radius 3 is 2.68 bits per heavy atom. The van der Waals surface area contributed by atoms with Gasteiger partial charge >= 0.3 is 0 Å². The summed E-state index contributed by atoms with van der Waals surface area (Å²) < 4.78 is 1.03. The van der Waals surface area contributed by atoms with Gasteiger partial charge in [-0.05, 0) is 53.4 Å². The number of aromatic nitrogens is 2. The fourth-order valence-electron chi connectivity index (χ4n) is 1.80. The summed E-state index contributed by atoms with van der Waals surface area (Å²) in [6.45, 7) is 2.07. The molecule has 0 saturated heterocycles. The molecular weight excluding hydrogens is 304 g/mol. The molecule has 1 aromatic heterocycles. The first-order valence-electron chi connectivity index (χ1n) is 6.32. The molecular formula is C14H15BrN4. The molecule has 1 fully saturated rings. The molecule has 4 nitrogen and oxygen atoms in total. The van der Waals surface area contributed by atoms with E-state index in [9.17, 15) is 0 Å². The number of hydrogen-bond donors (Lipinski definition) is 2. The minimum atomic E-state index is 0.592.